The van der Waals surface area contributed by atoms with E-state index in [0.29, 0.717) is 24.3 Å². The molecule has 1 aromatic carbocycles. The van der Waals surface area contributed by atoms with Crippen molar-refractivity contribution >= 4 is 17.9 Å². The van der Waals surface area contributed by atoms with Gasteiger partial charge in [0.05, 0.1) is 0 Å². The van der Waals surface area contributed by atoms with E-state index in [4.69, 9.17) is 9.15 Å². The first kappa shape index (κ1) is 14.3. The van der Waals surface area contributed by atoms with Gasteiger partial charge in [0.2, 0.25) is 0 Å². The molecule has 1 heterocycles. The zero-order valence-corrected chi connectivity index (χ0v) is 12.0. The minimum atomic E-state index is -0.660. The summed E-state index contributed by atoms with van der Waals surface area (Å²) >= 11 is 0. The molecule has 0 saturated heterocycles. The smallest absolute Gasteiger partial charge is 0.415 e. The second kappa shape index (κ2) is 6.43. The Balaban J connectivity index is 1.60. The van der Waals surface area contributed by atoms with E-state index in [-0.39, 0.29) is 18.4 Å². The number of hydrogen-bond acceptors (Lipinski definition) is 5. The lowest BCUT2D eigenvalue weighted by Crippen LogP contribution is -2.14. The van der Waals surface area contributed by atoms with Gasteiger partial charge in [-0.25, -0.2) is 10.1 Å². The molecule has 22 heavy (non-hydrogen) atoms. The number of anilines is 1. The zero-order chi connectivity index (χ0) is 15.4. The molecule has 1 amide bonds. The second-order valence-corrected chi connectivity index (χ2v) is 5.11. The number of oxazole rings is 1. The monoisotopic (exact) mass is 300 g/mol. The average Bonchev–Trinajstić information content (AvgIpc) is 2.85. The van der Waals surface area contributed by atoms with Crippen LogP contribution in [0, 0.1) is 0 Å². The summed E-state index contributed by atoms with van der Waals surface area (Å²) in [5.41, 5.74) is 1.21. The number of amides is 1. The van der Waals surface area contributed by atoms with Crippen LogP contribution in [0.4, 0.5) is 10.8 Å². The van der Waals surface area contributed by atoms with Crippen LogP contribution in [0.5, 0.6) is 0 Å². The molecule has 6 heteroatoms. The quantitative estimate of drug-likeness (QED) is 0.879. The summed E-state index contributed by atoms with van der Waals surface area (Å²) in [6, 6.07) is 9.36. The summed E-state index contributed by atoms with van der Waals surface area (Å²) < 4.78 is 10.5. The van der Waals surface area contributed by atoms with Crippen LogP contribution in [0.25, 0.3) is 0 Å². The number of ether oxygens (including phenoxy) is 1. The molecular formula is C16H16N2O4. The van der Waals surface area contributed by atoms with E-state index in [9.17, 15) is 9.59 Å². The number of ketones is 1. The minimum absolute atomic E-state index is 0.0123. The fourth-order valence-electron chi connectivity index (χ4n) is 2.33. The molecule has 1 aliphatic rings. The summed E-state index contributed by atoms with van der Waals surface area (Å²) in [6.45, 7) is 0.159. The van der Waals surface area contributed by atoms with Crippen LogP contribution in [0.2, 0.25) is 0 Å². The van der Waals surface area contributed by atoms with Gasteiger partial charge in [-0.3, -0.25) is 4.79 Å². The SMILES string of the molecule is O=C(Nc1nc2c(o1)CCCCC2=O)OCc1ccccc1. The lowest BCUT2D eigenvalue weighted by molar-refractivity contribution is 0.0977. The Kier molecular flexibility index (Phi) is 4.18. The van der Waals surface area contributed by atoms with E-state index >= 15 is 0 Å². The van der Waals surface area contributed by atoms with Gasteiger partial charge in [-0.05, 0) is 18.4 Å². The Bertz CT molecular complexity index is 679. The molecule has 1 aromatic heterocycles. The average molecular weight is 300 g/mol. The van der Waals surface area contributed by atoms with Crippen LogP contribution in [0.1, 0.15) is 41.1 Å². The molecule has 6 nitrogen and oxygen atoms in total. The Hall–Kier alpha value is -2.63. The van der Waals surface area contributed by atoms with Crippen molar-refractivity contribution in [2.75, 3.05) is 5.32 Å². The van der Waals surface area contributed by atoms with E-state index in [1.807, 2.05) is 30.3 Å². The number of rotatable bonds is 3. The number of aryl methyl sites for hydroxylation is 1. The molecule has 0 radical (unpaired) electrons. The number of aromatic nitrogens is 1. The highest BCUT2D eigenvalue weighted by Gasteiger charge is 2.23. The Labute approximate surface area is 127 Å². The topological polar surface area (TPSA) is 81.4 Å². The van der Waals surface area contributed by atoms with Gasteiger partial charge in [0, 0.05) is 12.8 Å². The normalized spacial score (nSPS) is 14.1. The fraction of sp³-hybridized carbons (Fsp3) is 0.312. The number of nitrogens with zero attached hydrogens (tertiary/aromatic N) is 1. The number of carbonyl (C=O) groups excluding carboxylic acids is 2. The van der Waals surface area contributed by atoms with E-state index < -0.39 is 6.09 Å². The first-order valence-electron chi connectivity index (χ1n) is 7.23. The third kappa shape index (κ3) is 3.33. The van der Waals surface area contributed by atoms with Gasteiger partial charge in [0.15, 0.2) is 5.78 Å². The van der Waals surface area contributed by atoms with Crippen LogP contribution < -0.4 is 5.32 Å². The summed E-state index contributed by atoms with van der Waals surface area (Å²) in [4.78, 5) is 27.6. The molecule has 1 N–H and O–H groups in total. The number of fused-ring (bicyclic) bond motifs is 1. The van der Waals surface area contributed by atoms with Crippen molar-refractivity contribution in [2.24, 2.45) is 0 Å². The lowest BCUT2D eigenvalue weighted by Gasteiger charge is -2.04. The molecule has 0 fully saturated rings. The first-order valence-corrected chi connectivity index (χ1v) is 7.23. The molecule has 3 rings (SSSR count). The maximum atomic E-state index is 11.8. The Morgan fingerprint density at radius 2 is 2.00 bits per heavy atom. The summed E-state index contributed by atoms with van der Waals surface area (Å²) in [5, 5.41) is 2.42. The van der Waals surface area contributed by atoms with Gasteiger partial charge in [-0.2, -0.15) is 4.98 Å². The standard InChI is InChI=1S/C16H16N2O4/c19-12-8-4-5-9-13-14(12)17-15(22-13)18-16(20)21-10-11-6-2-1-3-7-11/h1-3,6-7H,4-5,8-10H2,(H,17,18,20). The van der Waals surface area contributed by atoms with Crippen molar-refractivity contribution in [3.8, 4) is 0 Å². The molecule has 0 spiro atoms. The lowest BCUT2D eigenvalue weighted by atomic mass is 10.2. The highest BCUT2D eigenvalue weighted by molar-refractivity contribution is 5.96. The number of carbonyl (C=O) groups is 2. The highest BCUT2D eigenvalue weighted by Crippen LogP contribution is 2.23. The number of benzene rings is 1. The van der Waals surface area contributed by atoms with Crippen LogP contribution in [0.3, 0.4) is 0 Å². The van der Waals surface area contributed by atoms with E-state index in [0.717, 1.165) is 18.4 Å². The van der Waals surface area contributed by atoms with Gasteiger partial charge in [-0.15, -0.1) is 0 Å². The number of Topliss-reactive ketones (excluding diaryl/α,β-unsaturated/α-hetero) is 1. The molecule has 2 aromatic rings. The van der Waals surface area contributed by atoms with Gasteiger partial charge in [0.1, 0.15) is 18.1 Å². The predicted octanol–water partition coefficient (Wildman–Crippen LogP) is 3.33. The molecular weight excluding hydrogens is 284 g/mol. The third-order valence-corrected chi connectivity index (χ3v) is 3.44. The number of hydrogen-bond donors (Lipinski definition) is 1. The maximum absolute atomic E-state index is 11.8. The summed E-state index contributed by atoms with van der Waals surface area (Å²) in [6.07, 6.45) is 2.19. The molecule has 0 unspecified atom stereocenters. The van der Waals surface area contributed by atoms with Crippen molar-refractivity contribution in [2.45, 2.75) is 32.3 Å². The van der Waals surface area contributed by atoms with Gasteiger partial charge in [0.25, 0.3) is 0 Å². The van der Waals surface area contributed by atoms with Crippen molar-refractivity contribution < 1.29 is 18.7 Å². The fourth-order valence-corrected chi connectivity index (χ4v) is 2.33. The van der Waals surface area contributed by atoms with Gasteiger partial charge >= 0.3 is 12.1 Å². The summed E-state index contributed by atoms with van der Waals surface area (Å²) in [7, 11) is 0. The molecule has 114 valence electrons. The molecule has 0 saturated carbocycles. The van der Waals surface area contributed by atoms with Crippen molar-refractivity contribution in [1.29, 1.82) is 0 Å². The Morgan fingerprint density at radius 1 is 1.23 bits per heavy atom. The van der Waals surface area contributed by atoms with Crippen molar-refractivity contribution in [3.63, 3.8) is 0 Å². The van der Waals surface area contributed by atoms with Gasteiger partial charge < -0.3 is 9.15 Å². The van der Waals surface area contributed by atoms with Crippen LogP contribution in [0.15, 0.2) is 34.7 Å². The van der Waals surface area contributed by atoms with Gasteiger partial charge in [-0.1, -0.05) is 30.3 Å². The number of nitrogens with one attached hydrogen (secondary N) is 1. The van der Waals surface area contributed by atoms with E-state index in [1.165, 1.54) is 0 Å². The van der Waals surface area contributed by atoms with Crippen LogP contribution in [-0.2, 0) is 17.8 Å². The highest BCUT2D eigenvalue weighted by atomic mass is 16.6. The molecule has 0 bridgehead atoms. The second-order valence-electron chi connectivity index (χ2n) is 5.11. The molecule has 0 atom stereocenters. The van der Waals surface area contributed by atoms with Crippen molar-refractivity contribution in [1.82, 2.24) is 4.98 Å². The van der Waals surface area contributed by atoms with E-state index in [2.05, 4.69) is 10.3 Å². The predicted molar refractivity (Wildman–Crippen MR) is 78.6 cm³/mol. The summed E-state index contributed by atoms with van der Waals surface area (Å²) in [5.74, 6) is 0.503. The van der Waals surface area contributed by atoms with Crippen LogP contribution in [-0.4, -0.2) is 16.9 Å². The first-order chi connectivity index (χ1) is 10.7. The maximum Gasteiger partial charge on any atom is 0.415 e. The third-order valence-electron chi connectivity index (χ3n) is 3.44. The van der Waals surface area contributed by atoms with Crippen LogP contribution >= 0.6 is 0 Å². The Morgan fingerprint density at radius 3 is 2.82 bits per heavy atom. The largest absolute Gasteiger partial charge is 0.444 e. The van der Waals surface area contributed by atoms with E-state index in [1.54, 1.807) is 0 Å². The zero-order valence-electron chi connectivity index (χ0n) is 12.0. The van der Waals surface area contributed by atoms with Crippen molar-refractivity contribution in [3.05, 3.63) is 47.3 Å². The molecule has 0 aliphatic heterocycles. The minimum Gasteiger partial charge on any atom is -0.444 e. The molecule has 1 aliphatic carbocycles.